The molecule has 0 aromatic rings. The molecule has 0 aromatic heterocycles. The SMILES string of the molecule is CC(C)OCC1OC=C2C1CCC1(C)C2CC2OC23C(O)C2(C(C)C)OC2C2OC213. The predicted molar refractivity (Wildman–Crippen MR) is 107 cm³/mol. The van der Waals surface area contributed by atoms with E-state index < -0.39 is 22.9 Å². The third-order valence-corrected chi connectivity index (χ3v) is 10.0. The summed E-state index contributed by atoms with van der Waals surface area (Å²) in [6.45, 7) is 11.5. The molecule has 0 bridgehead atoms. The van der Waals surface area contributed by atoms with E-state index in [1.165, 1.54) is 5.57 Å². The zero-order chi connectivity index (χ0) is 20.8. The van der Waals surface area contributed by atoms with Crippen LogP contribution >= 0.6 is 0 Å². The van der Waals surface area contributed by atoms with Gasteiger partial charge in [0, 0.05) is 11.3 Å². The number of epoxide rings is 3. The molecule has 166 valence electrons. The van der Waals surface area contributed by atoms with Crippen LogP contribution < -0.4 is 0 Å². The van der Waals surface area contributed by atoms with Crippen molar-refractivity contribution in [2.24, 2.45) is 23.2 Å². The van der Waals surface area contributed by atoms with E-state index in [0.29, 0.717) is 18.4 Å². The van der Waals surface area contributed by atoms with Gasteiger partial charge in [-0.15, -0.1) is 0 Å². The molecule has 2 spiro atoms. The lowest BCUT2D eigenvalue weighted by Crippen LogP contribution is -2.69. The Morgan fingerprint density at radius 2 is 1.97 bits per heavy atom. The quantitative estimate of drug-likeness (QED) is 0.708. The molecular formula is C24H34O6. The third kappa shape index (κ3) is 1.74. The number of hydrogen-bond donors (Lipinski definition) is 1. The van der Waals surface area contributed by atoms with Gasteiger partial charge < -0.3 is 28.8 Å². The fraction of sp³-hybridized carbons (Fsp3) is 0.917. The molecule has 30 heavy (non-hydrogen) atoms. The topological polar surface area (TPSA) is 76.3 Å². The number of ether oxygens (including phenoxy) is 5. The van der Waals surface area contributed by atoms with Crippen molar-refractivity contribution in [3.63, 3.8) is 0 Å². The first kappa shape index (κ1) is 18.9. The van der Waals surface area contributed by atoms with Crippen LogP contribution in [0.15, 0.2) is 11.8 Å². The molecule has 6 heteroatoms. The number of rotatable bonds is 4. The first-order valence-electron chi connectivity index (χ1n) is 11.9. The second-order valence-corrected chi connectivity index (χ2v) is 11.6. The van der Waals surface area contributed by atoms with Crippen molar-refractivity contribution >= 4 is 0 Å². The average Bonchev–Trinajstić information content (AvgIpc) is 3.58. The smallest absolute Gasteiger partial charge is 0.155 e. The Balaban J connectivity index is 1.23. The normalized spacial score (nSPS) is 61.1. The number of aliphatic hydroxyl groups is 1. The van der Waals surface area contributed by atoms with E-state index >= 15 is 0 Å². The van der Waals surface area contributed by atoms with E-state index in [-0.39, 0.29) is 41.9 Å². The summed E-state index contributed by atoms with van der Waals surface area (Å²) in [4.78, 5) is 0. The lowest BCUT2D eigenvalue weighted by Gasteiger charge is -2.55. The second-order valence-electron chi connectivity index (χ2n) is 11.6. The molecule has 7 rings (SSSR count). The summed E-state index contributed by atoms with van der Waals surface area (Å²) in [6, 6.07) is 0. The van der Waals surface area contributed by atoms with Crippen molar-refractivity contribution < 1.29 is 28.8 Å². The Bertz CT molecular complexity index is 840. The predicted octanol–water partition coefficient (Wildman–Crippen LogP) is 2.57. The molecule has 11 unspecified atom stereocenters. The maximum atomic E-state index is 11.6. The summed E-state index contributed by atoms with van der Waals surface area (Å²) < 4.78 is 31.4. The molecule has 6 fully saturated rings. The van der Waals surface area contributed by atoms with Crippen molar-refractivity contribution in [3.05, 3.63) is 11.8 Å². The van der Waals surface area contributed by atoms with E-state index in [1.807, 2.05) is 6.26 Å². The molecule has 4 heterocycles. The van der Waals surface area contributed by atoms with Gasteiger partial charge in [0.1, 0.15) is 35.6 Å². The molecular weight excluding hydrogens is 384 g/mol. The van der Waals surface area contributed by atoms with Crippen molar-refractivity contribution in [2.45, 2.75) is 107 Å². The largest absolute Gasteiger partial charge is 0.495 e. The fourth-order valence-corrected chi connectivity index (χ4v) is 8.43. The Morgan fingerprint density at radius 1 is 1.17 bits per heavy atom. The van der Waals surface area contributed by atoms with Crippen molar-refractivity contribution in [3.8, 4) is 0 Å². The van der Waals surface area contributed by atoms with Gasteiger partial charge >= 0.3 is 0 Å². The van der Waals surface area contributed by atoms with Gasteiger partial charge in [-0.25, -0.2) is 0 Å². The molecule has 0 radical (unpaired) electrons. The van der Waals surface area contributed by atoms with E-state index in [2.05, 4.69) is 34.6 Å². The minimum Gasteiger partial charge on any atom is -0.495 e. The highest BCUT2D eigenvalue weighted by Gasteiger charge is 3.00. The van der Waals surface area contributed by atoms with E-state index in [1.54, 1.807) is 0 Å². The first-order valence-corrected chi connectivity index (χ1v) is 11.9. The van der Waals surface area contributed by atoms with Gasteiger partial charge in [0.25, 0.3) is 0 Å². The van der Waals surface area contributed by atoms with Gasteiger partial charge in [-0.2, -0.15) is 0 Å². The van der Waals surface area contributed by atoms with Crippen molar-refractivity contribution in [1.82, 2.24) is 0 Å². The molecule has 1 N–H and O–H groups in total. The van der Waals surface area contributed by atoms with E-state index in [9.17, 15) is 5.11 Å². The summed E-state index contributed by atoms with van der Waals surface area (Å²) in [7, 11) is 0. The highest BCUT2D eigenvalue weighted by atomic mass is 16.7. The van der Waals surface area contributed by atoms with Gasteiger partial charge in [-0.05, 0) is 50.5 Å². The lowest BCUT2D eigenvalue weighted by molar-refractivity contribution is -0.105. The summed E-state index contributed by atoms with van der Waals surface area (Å²) in [5, 5.41) is 11.6. The Kier molecular flexibility index (Phi) is 3.32. The minimum atomic E-state index is -0.616. The van der Waals surface area contributed by atoms with Crippen LogP contribution in [0.1, 0.15) is 53.9 Å². The van der Waals surface area contributed by atoms with Crippen LogP contribution in [-0.2, 0) is 23.7 Å². The van der Waals surface area contributed by atoms with Gasteiger partial charge in [-0.1, -0.05) is 20.8 Å². The molecule has 7 aliphatic rings. The monoisotopic (exact) mass is 418 g/mol. The molecule has 3 aliphatic carbocycles. The highest BCUT2D eigenvalue weighted by molar-refractivity contribution is 5.49. The standard InChI is InChI=1S/C24H34O6/c1-11(2)22-18(29-22)19-24(30-19)21(5)7-6-13-14(9-27-16(13)10-26-12(3)4)15(21)8-17-23(24,28-17)20(22)25/h9,11-13,15-20,25H,6-8,10H2,1-5H3. The summed E-state index contributed by atoms with van der Waals surface area (Å²) in [5.41, 5.74) is -0.159. The Labute approximate surface area is 178 Å². The summed E-state index contributed by atoms with van der Waals surface area (Å²) >= 11 is 0. The second kappa shape index (κ2) is 5.28. The summed E-state index contributed by atoms with van der Waals surface area (Å²) in [6.07, 6.45) is 4.89. The Hall–Kier alpha value is -0.660. The van der Waals surface area contributed by atoms with Gasteiger partial charge in [-0.3, -0.25) is 0 Å². The van der Waals surface area contributed by atoms with Crippen molar-refractivity contribution in [1.29, 1.82) is 0 Å². The van der Waals surface area contributed by atoms with Crippen LogP contribution in [0.5, 0.6) is 0 Å². The molecule has 3 saturated carbocycles. The van der Waals surface area contributed by atoms with Gasteiger partial charge in [0.15, 0.2) is 5.60 Å². The molecule has 3 saturated heterocycles. The molecule has 0 aromatic carbocycles. The van der Waals surface area contributed by atoms with Crippen LogP contribution in [0.2, 0.25) is 0 Å². The molecule has 11 atom stereocenters. The average molecular weight is 419 g/mol. The molecule has 4 aliphatic heterocycles. The van der Waals surface area contributed by atoms with Crippen LogP contribution in [0, 0.1) is 23.2 Å². The molecule has 0 amide bonds. The van der Waals surface area contributed by atoms with Crippen LogP contribution in [0.4, 0.5) is 0 Å². The van der Waals surface area contributed by atoms with Crippen LogP contribution in [-0.4, -0.2) is 65.1 Å². The number of fused-ring (bicyclic) bond motifs is 5. The van der Waals surface area contributed by atoms with E-state index in [4.69, 9.17) is 23.7 Å². The zero-order valence-electron chi connectivity index (χ0n) is 18.6. The first-order chi connectivity index (χ1) is 14.2. The third-order valence-electron chi connectivity index (χ3n) is 10.0. The van der Waals surface area contributed by atoms with Gasteiger partial charge in [0.2, 0.25) is 0 Å². The van der Waals surface area contributed by atoms with Crippen molar-refractivity contribution in [2.75, 3.05) is 6.61 Å². The maximum absolute atomic E-state index is 11.6. The van der Waals surface area contributed by atoms with Crippen LogP contribution in [0.25, 0.3) is 0 Å². The fourth-order valence-electron chi connectivity index (χ4n) is 8.43. The zero-order valence-corrected chi connectivity index (χ0v) is 18.6. The van der Waals surface area contributed by atoms with E-state index in [0.717, 1.165) is 19.3 Å². The Morgan fingerprint density at radius 3 is 2.70 bits per heavy atom. The highest BCUT2D eigenvalue weighted by Crippen LogP contribution is 2.83. The molecule has 6 nitrogen and oxygen atoms in total. The summed E-state index contributed by atoms with van der Waals surface area (Å²) in [5.74, 6) is 1.03. The maximum Gasteiger partial charge on any atom is 0.155 e. The van der Waals surface area contributed by atoms with Crippen LogP contribution in [0.3, 0.4) is 0 Å². The van der Waals surface area contributed by atoms with Gasteiger partial charge in [0.05, 0.1) is 25.1 Å². The minimum absolute atomic E-state index is 0.00253. The lowest BCUT2D eigenvalue weighted by atomic mass is 9.45. The number of aliphatic hydroxyl groups excluding tert-OH is 1. The number of hydrogen-bond acceptors (Lipinski definition) is 6.